The molecule has 2 rings (SSSR count). The van der Waals surface area contributed by atoms with Crippen LogP contribution in [0.15, 0.2) is 18.3 Å². The lowest BCUT2D eigenvalue weighted by atomic mass is 9.92. The molecule has 0 fully saturated rings. The second kappa shape index (κ2) is 5.13. The lowest BCUT2D eigenvalue weighted by Crippen LogP contribution is -2.01. The molecule has 19 heavy (non-hydrogen) atoms. The summed E-state index contributed by atoms with van der Waals surface area (Å²) in [5, 5.41) is 4.81. The average Bonchev–Trinajstić information content (AvgIpc) is 2.68. The topological polar surface area (TPSA) is 53.1 Å². The van der Waals surface area contributed by atoms with Crippen molar-refractivity contribution in [3.8, 4) is 16.9 Å². The summed E-state index contributed by atoms with van der Waals surface area (Å²) in [4.78, 5) is 0. The normalized spacial score (nSPS) is 11.1. The molecule has 0 aliphatic carbocycles. The third-order valence-corrected chi connectivity index (χ3v) is 3.40. The predicted octanol–water partition coefficient (Wildman–Crippen LogP) is 3.45. The Balaban J connectivity index is 2.74. The van der Waals surface area contributed by atoms with E-state index < -0.39 is 0 Å². The number of halogens is 1. The molecule has 1 heterocycles. The third-order valence-electron chi connectivity index (χ3n) is 3.18. The van der Waals surface area contributed by atoms with Crippen molar-refractivity contribution >= 4 is 17.4 Å². The lowest BCUT2D eigenvalue weighted by molar-refractivity contribution is 0.408. The van der Waals surface area contributed by atoms with E-state index in [1.54, 1.807) is 18.0 Å². The Morgan fingerprint density at radius 2 is 2.00 bits per heavy atom. The van der Waals surface area contributed by atoms with Gasteiger partial charge in [-0.05, 0) is 23.6 Å². The van der Waals surface area contributed by atoms with Gasteiger partial charge in [-0.25, -0.2) is 0 Å². The average molecular weight is 280 g/mol. The van der Waals surface area contributed by atoms with E-state index >= 15 is 0 Å². The number of nitrogens with zero attached hydrogens (tertiary/aromatic N) is 2. The van der Waals surface area contributed by atoms with Gasteiger partial charge in [0.25, 0.3) is 0 Å². The summed E-state index contributed by atoms with van der Waals surface area (Å²) in [6, 6.07) is 3.74. The molecule has 0 atom stereocenters. The monoisotopic (exact) mass is 279 g/mol. The first-order valence-electron chi connectivity index (χ1n) is 6.11. The van der Waals surface area contributed by atoms with Crippen LogP contribution in [0.1, 0.15) is 25.3 Å². The number of hydrogen-bond acceptors (Lipinski definition) is 3. The van der Waals surface area contributed by atoms with Crippen molar-refractivity contribution in [2.75, 3.05) is 12.8 Å². The van der Waals surface area contributed by atoms with Crippen LogP contribution in [0.25, 0.3) is 11.1 Å². The standard InChI is InChI=1S/C14H18ClN3O/c1-8(2)13-10(5-9(15)6-12(13)19-4)11-7-17-18(3)14(11)16/h5-8H,16H2,1-4H3. The Labute approximate surface area is 118 Å². The molecular weight excluding hydrogens is 262 g/mol. The van der Waals surface area contributed by atoms with Crippen molar-refractivity contribution in [3.63, 3.8) is 0 Å². The Bertz CT molecular complexity index is 605. The van der Waals surface area contributed by atoms with Gasteiger partial charge in [-0.1, -0.05) is 25.4 Å². The maximum Gasteiger partial charge on any atom is 0.129 e. The highest BCUT2D eigenvalue weighted by Crippen LogP contribution is 2.40. The second-order valence-corrected chi connectivity index (χ2v) is 5.23. The molecule has 0 radical (unpaired) electrons. The summed E-state index contributed by atoms with van der Waals surface area (Å²) in [7, 11) is 3.46. The zero-order valence-electron chi connectivity index (χ0n) is 11.6. The molecular formula is C14H18ClN3O. The van der Waals surface area contributed by atoms with E-state index in [1.807, 2.05) is 19.2 Å². The number of rotatable bonds is 3. The summed E-state index contributed by atoms with van der Waals surface area (Å²) in [6.45, 7) is 4.23. The van der Waals surface area contributed by atoms with Gasteiger partial charge in [0, 0.05) is 23.2 Å². The fourth-order valence-electron chi connectivity index (χ4n) is 2.23. The minimum atomic E-state index is 0.293. The van der Waals surface area contributed by atoms with Crippen molar-refractivity contribution in [1.82, 2.24) is 9.78 Å². The van der Waals surface area contributed by atoms with Crippen molar-refractivity contribution in [2.45, 2.75) is 19.8 Å². The lowest BCUT2D eigenvalue weighted by Gasteiger charge is -2.17. The van der Waals surface area contributed by atoms with Gasteiger partial charge >= 0.3 is 0 Å². The summed E-state index contributed by atoms with van der Waals surface area (Å²) < 4.78 is 7.09. The maximum absolute atomic E-state index is 6.17. The molecule has 0 spiro atoms. The van der Waals surface area contributed by atoms with E-state index in [-0.39, 0.29) is 0 Å². The first-order chi connectivity index (χ1) is 8.95. The number of nitrogen functional groups attached to an aromatic ring is 1. The van der Waals surface area contributed by atoms with Crippen LogP contribution in [0.2, 0.25) is 5.02 Å². The summed E-state index contributed by atoms with van der Waals surface area (Å²) in [6.07, 6.45) is 1.76. The minimum Gasteiger partial charge on any atom is -0.496 e. The number of nitrogens with two attached hydrogens (primary N) is 1. The van der Waals surface area contributed by atoms with Crippen LogP contribution in [0.5, 0.6) is 5.75 Å². The van der Waals surface area contributed by atoms with Crippen molar-refractivity contribution in [2.24, 2.45) is 7.05 Å². The summed E-state index contributed by atoms with van der Waals surface area (Å²) >= 11 is 6.17. The fraction of sp³-hybridized carbons (Fsp3) is 0.357. The van der Waals surface area contributed by atoms with Gasteiger partial charge in [-0.15, -0.1) is 0 Å². The molecule has 2 aromatic rings. The fourth-order valence-corrected chi connectivity index (χ4v) is 2.44. The number of hydrogen-bond donors (Lipinski definition) is 1. The zero-order chi connectivity index (χ0) is 14.2. The number of methoxy groups -OCH3 is 1. The van der Waals surface area contributed by atoms with E-state index in [9.17, 15) is 0 Å². The van der Waals surface area contributed by atoms with Gasteiger partial charge in [0.15, 0.2) is 0 Å². The van der Waals surface area contributed by atoms with E-state index in [2.05, 4.69) is 18.9 Å². The van der Waals surface area contributed by atoms with Crippen LogP contribution in [0, 0.1) is 0 Å². The number of ether oxygens (including phenoxy) is 1. The van der Waals surface area contributed by atoms with E-state index in [1.165, 1.54) is 0 Å². The van der Waals surface area contributed by atoms with Crippen molar-refractivity contribution < 1.29 is 4.74 Å². The SMILES string of the molecule is COc1cc(Cl)cc(-c2cnn(C)c2N)c1C(C)C. The van der Waals surface area contributed by atoms with E-state index in [0.29, 0.717) is 16.8 Å². The van der Waals surface area contributed by atoms with Crippen LogP contribution in [-0.2, 0) is 7.05 Å². The second-order valence-electron chi connectivity index (χ2n) is 4.79. The molecule has 0 bridgehead atoms. The first-order valence-corrected chi connectivity index (χ1v) is 6.48. The van der Waals surface area contributed by atoms with E-state index in [4.69, 9.17) is 22.1 Å². The van der Waals surface area contributed by atoms with Crippen LogP contribution in [-0.4, -0.2) is 16.9 Å². The Morgan fingerprint density at radius 1 is 1.32 bits per heavy atom. The van der Waals surface area contributed by atoms with Gasteiger partial charge in [-0.2, -0.15) is 5.10 Å². The van der Waals surface area contributed by atoms with Crippen molar-refractivity contribution in [1.29, 1.82) is 0 Å². The van der Waals surface area contributed by atoms with Crippen LogP contribution >= 0.6 is 11.6 Å². The molecule has 0 amide bonds. The third kappa shape index (κ3) is 2.40. The molecule has 0 aliphatic heterocycles. The number of aryl methyl sites for hydroxylation is 1. The quantitative estimate of drug-likeness (QED) is 0.936. The molecule has 0 saturated carbocycles. The smallest absolute Gasteiger partial charge is 0.129 e. The first kappa shape index (κ1) is 13.7. The van der Waals surface area contributed by atoms with Crippen LogP contribution < -0.4 is 10.5 Å². The van der Waals surface area contributed by atoms with Crippen LogP contribution in [0.3, 0.4) is 0 Å². The molecule has 0 aliphatic rings. The Morgan fingerprint density at radius 3 is 2.47 bits per heavy atom. The highest BCUT2D eigenvalue weighted by Gasteiger charge is 2.19. The molecule has 1 aromatic heterocycles. The van der Waals surface area contributed by atoms with Gasteiger partial charge in [-0.3, -0.25) is 4.68 Å². The highest BCUT2D eigenvalue weighted by molar-refractivity contribution is 6.31. The molecule has 2 N–H and O–H groups in total. The van der Waals surface area contributed by atoms with Crippen LogP contribution in [0.4, 0.5) is 5.82 Å². The highest BCUT2D eigenvalue weighted by atomic mass is 35.5. The summed E-state index contributed by atoms with van der Waals surface area (Å²) in [5.41, 5.74) is 9.01. The number of benzene rings is 1. The molecule has 0 unspecified atom stereocenters. The molecule has 102 valence electrons. The molecule has 5 heteroatoms. The maximum atomic E-state index is 6.17. The molecule has 1 aromatic carbocycles. The molecule has 0 saturated heterocycles. The number of anilines is 1. The predicted molar refractivity (Wildman–Crippen MR) is 78.7 cm³/mol. The minimum absolute atomic E-state index is 0.293. The van der Waals surface area contributed by atoms with Gasteiger partial charge in [0.2, 0.25) is 0 Å². The number of aromatic nitrogens is 2. The van der Waals surface area contributed by atoms with Crippen molar-refractivity contribution in [3.05, 3.63) is 28.9 Å². The van der Waals surface area contributed by atoms with Gasteiger partial charge in [0.1, 0.15) is 11.6 Å². The van der Waals surface area contributed by atoms with E-state index in [0.717, 1.165) is 22.4 Å². The van der Waals surface area contributed by atoms with Gasteiger partial charge in [0.05, 0.1) is 13.3 Å². The zero-order valence-corrected chi connectivity index (χ0v) is 12.3. The Hall–Kier alpha value is -1.68. The Kier molecular flexibility index (Phi) is 3.71. The largest absolute Gasteiger partial charge is 0.496 e. The molecule has 4 nitrogen and oxygen atoms in total. The van der Waals surface area contributed by atoms with Gasteiger partial charge < -0.3 is 10.5 Å². The summed E-state index contributed by atoms with van der Waals surface area (Å²) in [5.74, 6) is 1.69.